The van der Waals surface area contributed by atoms with Crippen molar-refractivity contribution in [1.29, 1.82) is 0 Å². The van der Waals surface area contributed by atoms with Gasteiger partial charge in [-0.15, -0.1) is 0 Å². The molecule has 0 unspecified atom stereocenters. The first-order valence-electron chi connectivity index (χ1n) is 7.45. The van der Waals surface area contributed by atoms with Gasteiger partial charge in [0, 0.05) is 6.42 Å². The standard InChI is InChI=1S/C18H17F3O3/c19-18(20,21)17(22)7-4-12-23-15-8-10-16(11-9-15)24-13-14-5-2-1-3-6-14/h1-3,5-6,8-11H,4,7,12-13H2. The quantitative estimate of drug-likeness (QED) is 0.662. The monoisotopic (exact) mass is 338 g/mol. The van der Waals surface area contributed by atoms with Crippen LogP contribution in [0.5, 0.6) is 11.5 Å². The van der Waals surface area contributed by atoms with Gasteiger partial charge in [-0.2, -0.15) is 13.2 Å². The zero-order valence-electron chi connectivity index (χ0n) is 12.9. The van der Waals surface area contributed by atoms with Crippen LogP contribution in [0, 0.1) is 0 Å². The van der Waals surface area contributed by atoms with Crippen LogP contribution in [0.1, 0.15) is 18.4 Å². The fourth-order valence-electron chi connectivity index (χ4n) is 1.94. The van der Waals surface area contributed by atoms with E-state index in [1.807, 2.05) is 30.3 Å². The van der Waals surface area contributed by atoms with Gasteiger partial charge in [0.05, 0.1) is 6.61 Å². The van der Waals surface area contributed by atoms with E-state index in [1.165, 1.54) is 0 Å². The molecule has 0 atom stereocenters. The third-order valence-corrected chi connectivity index (χ3v) is 3.21. The van der Waals surface area contributed by atoms with Crippen LogP contribution in [0.4, 0.5) is 13.2 Å². The summed E-state index contributed by atoms with van der Waals surface area (Å²) < 4.78 is 47.0. The van der Waals surface area contributed by atoms with Crippen LogP contribution in [-0.2, 0) is 11.4 Å². The molecule has 0 N–H and O–H groups in total. The molecule has 0 spiro atoms. The lowest BCUT2D eigenvalue weighted by Crippen LogP contribution is -2.22. The zero-order chi connectivity index (χ0) is 17.4. The average Bonchev–Trinajstić information content (AvgIpc) is 2.58. The van der Waals surface area contributed by atoms with Crippen molar-refractivity contribution in [3.63, 3.8) is 0 Å². The van der Waals surface area contributed by atoms with Crippen LogP contribution in [0.15, 0.2) is 54.6 Å². The highest BCUT2D eigenvalue weighted by Gasteiger charge is 2.37. The molecule has 0 amide bonds. The number of ether oxygens (including phenoxy) is 2. The highest BCUT2D eigenvalue weighted by atomic mass is 19.4. The van der Waals surface area contributed by atoms with Crippen LogP contribution < -0.4 is 9.47 Å². The van der Waals surface area contributed by atoms with Gasteiger partial charge < -0.3 is 9.47 Å². The molecule has 128 valence electrons. The Hall–Kier alpha value is -2.50. The van der Waals surface area contributed by atoms with Gasteiger partial charge in [-0.1, -0.05) is 30.3 Å². The summed E-state index contributed by atoms with van der Waals surface area (Å²) in [5.41, 5.74) is 1.05. The molecule has 0 aliphatic carbocycles. The molecule has 0 aliphatic heterocycles. The van der Waals surface area contributed by atoms with Gasteiger partial charge in [-0.3, -0.25) is 4.79 Å². The molecule has 0 aromatic heterocycles. The number of carbonyl (C=O) groups is 1. The Bertz CT molecular complexity index is 637. The Morgan fingerprint density at radius 1 is 0.875 bits per heavy atom. The molecule has 0 fully saturated rings. The first kappa shape index (κ1) is 17.8. The fraction of sp³-hybridized carbons (Fsp3) is 0.278. The first-order chi connectivity index (χ1) is 11.4. The predicted octanol–water partition coefficient (Wildman–Crippen LogP) is 4.56. The zero-order valence-corrected chi connectivity index (χ0v) is 12.9. The van der Waals surface area contributed by atoms with E-state index in [1.54, 1.807) is 24.3 Å². The van der Waals surface area contributed by atoms with E-state index in [9.17, 15) is 18.0 Å². The summed E-state index contributed by atoms with van der Waals surface area (Å²) >= 11 is 0. The molecule has 2 aromatic carbocycles. The molecule has 24 heavy (non-hydrogen) atoms. The van der Waals surface area contributed by atoms with E-state index in [-0.39, 0.29) is 13.0 Å². The third-order valence-electron chi connectivity index (χ3n) is 3.21. The minimum Gasteiger partial charge on any atom is -0.494 e. The van der Waals surface area contributed by atoms with Gasteiger partial charge >= 0.3 is 6.18 Å². The summed E-state index contributed by atoms with van der Waals surface area (Å²) in [7, 11) is 0. The van der Waals surface area contributed by atoms with Crippen molar-refractivity contribution in [2.24, 2.45) is 0 Å². The number of Topliss-reactive ketones (excluding diaryl/α,β-unsaturated/α-hetero) is 1. The van der Waals surface area contributed by atoms with Gasteiger partial charge in [0.1, 0.15) is 18.1 Å². The Kier molecular flexibility index (Phi) is 6.23. The van der Waals surface area contributed by atoms with Crippen LogP contribution in [0.25, 0.3) is 0 Å². The van der Waals surface area contributed by atoms with Crippen molar-refractivity contribution in [3.05, 3.63) is 60.2 Å². The van der Waals surface area contributed by atoms with Crippen molar-refractivity contribution in [3.8, 4) is 11.5 Å². The topological polar surface area (TPSA) is 35.5 Å². The largest absolute Gasteiger partial charge is 0.494 e. The number of rotatable bonds is 8. The van der Waals surface area contributed by atoms with E-state index in [0.717, 1.165) is 5.56 Å². The fourth-order valence-corrected chi connectivity index (χ4v) is 1.94. The molecule has 6 heteroatoms. The van der Waals surface area contributed by atoms with Crippen molar-refractivity contribution in [1.82, 2.24) is 0 Å². The van der Waals surface area contributed by atoms with E-state index in [2.05, 4.69) is 0 Å². The van der Waals surface area contributed by atoms with Crippen LogP contribution in [0.2, 0.25) is 0 Å². The van der Waals surface area contributed by atoms with Crippen molar-refractivity contribution < 1.29 is 27.4 Å². The Labute approximate surface area is 138 Å². The lowest BCUT2D eigenvalue weighted by molar-refractivity contribution is -0.171. The van der Waals surface area contributed by atoms with Gasteiger partial charge in [0.15, 0.2) is 0 Å². The van der Waals surface area contributed by atoms with Gasteiger partial charge in [0.25, 0.3) is 0 Å². The summed E-state index contributed by atoms with van der Waals surface area (Å²) in [5, 5.41) is 0. The lowest BCUT2D eigenvalue weighted by atomic mass is 10.2. The second-order valence-corrected chi connectivity index (χ2v) is 5.12. The lowest BCUT2D eigenvalue weighted by Gasteiger charge is -2.09. The number of carbonyl (C=O) groups excluding carboxylic acids is 1. The van der Waals surface area contributed by atoms with Crippen LogP contribution in [-0.4, -0.2) is 18.6 Å². The first-order valence-corrected chi connectivity index (χ1v) is 7.45. The molecule has 0 aliphatic rings. The second-order valence-electron chi connectivity index (χ2n) is 5.12. The van der Waals surface area contributed by atoms with E-state index in [0.29, 0.717) is 18.1 Å². The smallest absolute Gasteiger partial charge is 0.449 e. The van der Waals surface area contributed by atoms with Gasteiger partial charge in [0.2, 0.25) is 5.78 Å². The normalized spacial score (nSPS) is 11.1. The Morgan fingerprint density at radius 2 is 1.46 bits per heavy atom. The maximum Gasteiger partial charge on any atom is 0.449 e. The van der Waals surface area contributed by atoms with Crippen molar-refractivity contribution >= 4 is 5.78 Å². The van der Waals surface area contributed by atoms with Crippen molar-refractivity contribution in [2.45, 2.75) is 25.6 Å². The molecular weight excluding hydrogens is 321 g/mol. The second kappa shape index (κ2) is 8.38. The number of ketones is 1. The summed E-state index contributed by atoms with van der Waals surface area (Å²) in [6.07, 6.45) is -5.32. The third kappa shape index (κ3) is 5.95. The SMILES string of the molecule is O=C(CCCOc1ccc(OCc2ccccc2)cc1)C(F)(F)F. The number of benzene rings is 2. The number of halogens is 3. The van der Waals surface area contributed by atoms with E-state index in [4.69, 9.17) is 9.47 Å². The maximum atomic E-state index is 12.0. The highest BCUT2D eigenvalue weighted by molar-refractivity contribution is 5.83. The van der Waals surface area contributed by atoms with Gasteiger partial charge in [-0.25, -0.2) is 0 Å². The Balaban J connectivity index is 1.71. The molecule has 2 rings (SSSR count). The van der Waals surface area contributed by atoms with Crippen LogP contribution >= 0.6 is 0 Å². The number of alkyl halides is 3. The molecule has 0 heterocycles. The minimum atomic E-state index is -4.77. The van der Waals surface area contributed by atoms with Gasteiger partial charge in [-0.05, 0) is 36.2 Å². The summed E-state index contributed by atoms with van der Waals surface area (Å²) in [6.45, 7) is 0.493. The molecule has 3 nitrogen and oxygen atoms in total. The molecular formula is C18H17F3O3. The maximum absolute atomic E-state index is 12.0. The van der Waals surface area contributed by atoms with Crippen molar-refractivity contribution in [2.75, 3.05) is 6.61 Å². The van der Waals surface area contributed by atoms with E-state index >= 15 is 0 Å². The summed E-state index contributed by atoms with van der Waals surface area (Å²) in [4.78, 5) is 10.7. The number of hydrogen-bond acceptors (Lipinski definition) is 3. The Morgan fingerprint density at radius 3 is 2.04 bits per heavy atom. The highest BCUT2D eigenvalue weighted by Crippen LogP contribution is 2.20. The predicted molar refractivity (Wildman–Crippen MR) is 83.0 cm³/mol. The number of hydrogen-bond donors (Lipinski definition) is 0. The molecule has 0 bridgehead atoms. The average molecular weight is 338 g/mol. The minimum absolute atomic E-state index is 0.0185. The van der Waals surface area contributed by atoms with Crippen LogP contribution in [0.3, 0.4) is 0 Å². The van der Waals surface area contributed by atoms with E-state index < -0.39 is 18.4 Å². The molecule has 0 saturated heterocycles. The molecule has 0 radical (unpaired) electrons. The molecule has 0 saturated carbocycles. The summed E-state index contributed by atoms with van der Waals surface area (Å²) in [6, 6.07) is 16.5. The summed E-state index contributed by atoms with van der Waals surface area (Å²) in [5.74, 6) is -0.546. The molecule has 2 aromatic rings.